The second-order valence-electron chi connectivity index (χ2n) is 7.14. The molecule has 0 aliphatic carbocycles. The van der Waals surface area contributed by atoms with Gasteiger partial charge in [0.15, 0.2) is 6.61 Å². The molecule has 154 valence electrons. The first-order chi connectivity index (χ1) is 13.8. The summed E-state index contributed by atoms with van der Waals surface area (Å²) in [4.78, 5) is 24.4. The number of sulfonamides is 1. The second kappa shape index (κ2) is 8.75. The summed E-state index contributed by atoms with van der Waals surface area (Å²) in [5, 5.41) is 2.68. The van der Waals surface area contributed by atoms with Crippen molar-refractivity contribution < 1.29 is 22.7 Å². The smallest absolute Gasteiger partial charge is 0.338 e. The number of aryl methyl sites for hydroxylation is 2. The van der Waals surface area contributed by atoms with E-state index in [1.807, 2.05) is 32.0 Å². The highest BCUT2D eigenvalue weighted by Crippen LogP contribution is 2.22. The zero-order valence-electron chi connectivity index (χ0n) is 16.5. The molecule has 3 rings (SSSR count). The average molecular weight is 416 g/mol. The first kappa shape index (κ1) is 21.0. The molecule has 8 heteroatoms. The standard InChI is InChI=1S/C21H24N2O5S/c1-15-10-16(2)12-18(11-15)22-20(24)14-28-21(25)17-6-5-7-19(13-17)29(26,27)23-8-3-4-9-23/h5-7,10-13H,3-4,8-9,14H2,1-2H3,(H,22,24). The molecule has 2 aromatic rings. The van der Waals surface area contributed by atoms with Crippen LogP contribution in [0.3, 0.4) is 0 Å². The molecule has 1 N–H and O–H groups in total. The summed E-state index contributed by atoms with van der Waals surface area (Å²) in [6.45, 7) is 4.35. The molecule has 0 unspecified atom stereocenters. The van der Waals surface area contributed by atoms with E-state index < -0.39 is 28.5 Å². The number of ether oxygens (including phenoxy) is 1. The molecule has 0 aromatic heterocycles. The summed E-state index contributed by atoms with van der Waals surface area (Å²) in [5.41, 5.74) is 2.73. The number of hydrogen-bond acceptors (Lipinski definition) is 5. The number of benzene rings is 2. The maximum Gasteiger partial charge on any atom is 0.338 e. The highest BCUT2D eigenvalue weighted by Gasteiger charge is 2.27. The largest absolute Gasteiger partial charge is 0.452 e. The van der Waals surface area contributed by atoms with Crippen molar-refractivity contribution >= 4 is 27.6 Å². The quantitative estimate of drug-likeness (QED) is 0.731. The Labute approximate surface area is 170 Å². The summed E-state index contributed by atoms with van der Waals surface area (Å²) in [5.74, 6) is -1.22. The zero-order valence-corrected chi connectivity index (χ0v) is 17.3. The molecule has 1 amide bonds. The summed E-state index contributed by atoms with van der Waals surface area (Å²) >= 11 is 0. The lowest BCUT2D eigenvalue weighted by molar-refractivity contribution is -0.119. The lowest BCUT2D eigenvalue weighted by Gasteiger charge is -2.15. The third kappa shape index (κ3) is 5.21. The van der Waals surface area contributed by atoms with Crippen molar-refractivity contribution in [2.75, 3.05) is 25.0 Å². The van der Waals surface area contributed by atoms with Gasteiger partial charge in [-0.1, -0.05) is 12.1 Å². The van der Waals surface area contributed by atoms with Gasteiger partial charge in [-0.3, -0.25) is 4.79 Å². The van der Waals surface area contributed by atoms with Gasteiger partial charge in [0.05, 0.1) is 10.5 Å². The van der Waals surface area contributed by atoms with E-state index in [2.05, 4.69) is 5.32 Å². The van der Waals surface area contributed by atoms with E-state index in [0.29, 0.717) is 18.8 Å². The van der Waals surface area contributed by atoms with Gasteiger partial charge in [-0.05, 0) is 68.1 Å². The number of hydrogen-bond donors (Lipinski definition) is 1. The molecule has 29 heavy (non-hydrogen) atoms. The average Bonchev–Trinajstić information content (AvgIpc) is 3.21. The third-order valence-electron chi connectivity index (χ3n) is 4.61. The molecule has 7 nitrogen and oxygen atoms in total. The molecule has 0 radical (unpaired) electrons. The van der Waals surface area contributed by atoms with E-state index >= 15 is 0 Å². The van der Waals surface area contributed by atoms with Gasteiger partial charge in [0.25, 0.3) is 5.91 Å². The molecule has 1 fully saturated rings. The first-order valence-corrected chi connectivity index (χ1v) is 10.9. The minimum atomic E-state index is -3.63. The van der Waals surface area contributed by atoms with E-state index in [4.69, 9.17) is 4.74 Å². The van der Waals surface area contributed by atoms with Gasteiger partial charge in [0.1, 0.15) is 0 Å². The SMILES string of the molecule is Cc1cc(C)cc(NC(=O)COC(=O)c2cccc(S(=O)(=O)N3CCCC3)c2)c1. The van der Waals surface area contributed by atoms with Crippen LogP contribution in [-0.2, 0) is 19.6 Å². The second-order valence-corrected chi connectivity index (χ2v) is 9.08. The van der Waals surface area contributed by atoms with Crippen molar-refractivity contribution in [3.8, 4) is 0 Å². The van der Waals surface area contributed by atoms with Crippen LogP contribution in [0.5, 0.6) is 0 Å². The van der Waals surface area contributed by atoms with Crippen LogP contribution in [0.2, 0.25) is 0 Å². The van der Waals surface area contributed by atoms with E-state index in [9.17, 15) is 18.0 Å². The highest BCUT2D eigenvalue weighted by molar-refractivity contribution is 7.89. The number of nitrogens with zero attached hydrogens (tertiary/aromatic N) is 1. The van der Waals surface area contributed by atoms with Crippen LogP contribution in [0.15, 0.2) is 47.4 Å². The van der Waals surface area contributed by atoms with E-state index in [1.54, 1.807) is 0 Å². The summed E-state index contributed by atoms with van der Waals surface area (Å²) in [6.07, 6.45) is 1.66. The molecule has 1 aliphatic rings. The van der Waals surface area contributed by atoms with Crippen LogP contribution in [-0.4, -0.2) is 44.3 Å². The van der Waals surface area contributed by atoms with Gasteiger partial charge in [0, 0.05) is 18.8 Å². The predicted octanol–water partition coefficient (Wildman–Crippen LogP) is 2.88. The number of esters is 1. The molecule has 1 heterocycles. The number of nitrogens with one attached hydrogen (secondary N) is 1. The zero-order chi connectivity index (χ0) is 21.0. The predicted molar refractivity (Wildman–Crippen MR) is 109 cm³/mol. The van der Waals surface area contributed by atoms with Gasteiger partial charge in [-0.25, -0.2) is 13.2 Å². The Hall–Kier alpha value is -2.71. The summed E-state index contributed by atoms with van der Waals surface area (Å²) < 4.78 is 31.8. The van der Waals surface area contributed by atoms with Gasteiger partial charge in [-0.2, -0.15) is 4.31 Å². The normalized spacial score (nSPS) is 14.6. The van der Waals surface area contributed by atoms with Crippen molar-refractivity contribution in [2.24, 2.45) is 0 Å². The molecule has 0 spiro atoms. The van der Waals surface area contributed by atoms with E-state index in [-0.39, 0.29) is 10.5 Å². The van der Waals surface area contributed by atoms with Crippen LogP contribution < -0.4 is 5.32 Å². The third-order valence-corrected chi connectivity index (χ3v) is 6.51. The van der Waals surface area contributed by atoms with Gasteiger partial charge in [-0.15, -0.1) is 0 Å². The number of anilines is 1. The van der Waals surface area contributed by atoms with Crippen molar-refractivity contribution in [3.63, 3.8) is 0 Å². The van der Waals surface area contributed by atoms with Crippen LogP contribution in [0, 0.1) is 13.8 Å². The fraction of sp³-hybridized carbons (Fsp3) is 0.333. The van der Waals surface area contributed by atoms with Crippen molar-refractivity contribution in [2.45, 2.75) is 31.6 Å². The van der Waals surface area contributed by atoms with E-state index in [1.165, 1.54) is 28.6 Å². The number of carbonyl (C=O) groups is 2. The van der Waals surface area contributed by atoms with Gasteiger partial charge in [0.2, 0.25) is 10.0 Å². The molecule has 1 saturated heterocycles. The molecular weight excluding hydrogens is 392 g/mol. The lowest BCUT2D eigenvalue weighted by atomic mass is 10.1. The first-order valence-electron chi connectivity index (χ1n) is 9.41. The Morgan fingerprint density at radius 3 is 2.34 bits per heavy atom. The van der Waals surface area contributed by atoms with Crippen LogP contribution in [0.4, 0.5) is 5.69 Å². The topological polar surface area (TPSA) is 92.8 Å². The van der Waals surface area contributed by atoms with E-state index in [0.717, 1.165) is 24.0 Å². The number of rotatable bonds is 6. The fourth-order valence-corrected chi connectivity index (χ4v) is 4.88. The molecule has 2 aromatic carbocycles. The molecule has 0 bridgehead atoms. The molecule has 0 atom stereocenters. The molecular formula is C21H24N2O5S. The number of carbonyl (C=O) groups excluding carboxylic acids is 2. The maximum absolute atomic E-state index is 12.6. The summed E-state index contributed by atoms with van der Waals surface area (Å²) in [6, 6.07) is 11.3. The number of amides is 1. The molecule has 1 aliphatic heterocycles. The Morgan fingerprint density at radius 2 is 1.69 bits per heavy atom. The minimum Gasteiger partial charge on any atom is -0.452 e. The maximum atomic E-state index is 12.6. The highest BCUT2D eigenvalue weighted by atomic mass is 32.2. The van der Waals surface area contributed by atoms with Gasteiger partial charge >= 0.3 is 5.97 Å². The van der Waals surface area contributed by atoms with Crippen molar-refractivity contribution in [3.05, 3.63) is 59.2 Å². The van der Waals surface area contributed by atoms with Crippen LogP contribution in [0.1, 0.15) is 34.3 Å². The van der Waals surface area contributed by atoms with Crippen LogP contribution in [0.25, 0.3) is 0 Å². The minimum absolute atomic E-state index is 0.0496. The Bertz CT molecular complexity index is 1010. The van der Waals surface area contributed by atoms with Gasteiger partial charge < -0.3 is 10.1 Å². The monoisotopic (exact) mass is 416 g/mol. The summed E-state index contributed by atoms with van der Waals surface area (Å²) in [7, 11) is -3.63. The van der Waals surface area contributed by atoms with Crippen molar-refractivity contribution in [1.82, 2.24) is 4.31 Å². The Kier molecular flexibility index (Phi) is 6.34. The fourth-order valence-electron chi connectivity index (χ4n) is 3.32. The van der Waals surface area contributed by atoms with Crippen LogP contribution >= 0.6 is 0 Å². The van der Waals surface area contributed by atoms with Crippen molar-refractivity contribution in [1.29, 1.82) is 0 Å². The Balaban J connectivity index is 1.63. The molecule has 0 saturated carbocycles. The lowest BCUT2D eigenvalue weighted by Crippen LogP contribution is -2.28. The Morgan fingerprint density at radius 1 is 1.03 bits per heavy atom.